The van der Waals surface area contributed by atoms with Crippen LogP contribution in [0.2, 0.25) is 0 Å². The predicted octanol–water partition coefficient (Wildman–Crippen LogP) is 1.78. The summed E-state index contributed by atoms with van der Waals surface area (Å²) in [6, 6.07) is 8.40. The Morgan fingerprint density at radius 2 is 2.18 bits per heavy atom. The van der Waals surface area contributed by atoms with Gasteiger partial charge in [-0.05, 0) is 13.0 Å². The van der Waals surface area contributed by atoms with E-state index in [9.17, 15) is 0 Å². The molecule has 1 aromatic carbocycles. The van der Waals surface area contributed by atoms with Gasteiger partial charge >= 0.3 is 0 Å². The van der Waals surface area contributed by atoms with E-state index in [1.807, 2.05) is 0 Å². The number of benzene rings is 1. The van der Waals surface area contributed by atoms with E-state index in [0.717, 1.165) is 36.8 Å². The highest BCUT2D eigenvalue weighted by Crippen LogP contribution is 2.20. The van der Waals surface area contributed by atoms with Gasteiger partial charge in [0.2, 0.25) is 0 Å². The van der Waals surface area contributed by atoms with Crippen molar-refractivity contribution < 1.29 is 0 Å². The first-order valence-electron chi connectivity index (χ1n) is 5.54. The molecule has 1 N–H and O–H groups in total. The van der Waals surface area contributed by atoms with Crippen LogP contribution in [0.3, 0.4) is 0 Å². The number of nitrogens with one attached hydrogen (secondary N) is 1. The van der Waals surface area contributed by atoms with Gasteiger partial charge < -0.3 is 9.88 Å². The third kappa shape index (κ3) is 2.18. The second-order valence-corrected chi connectivity index (χ2v) is 4.14. The highest BCUT2D eigenvalue weighted by atomic mass is 35.5. The van der Waals surface area contributed by atoms with Crippen LogP contribution in [0.4, 0.5) is 0 Å². The maximum Gasteiger partial charge on any atom is 0.164 e. The van der Waals surface area contributed by atoms with Gasteiger partial charge in [-0.1, -0.05) is 23.8 Å². The average molecular weight is 251 g/mol. The molecule has 1 aliphatic heterocycles. The molecule has 0 spiro atoms. The molecule has 2 aromatic rings. The lowest BCUT2D eigenvalue weighted by molar-refractivity contribution is 0.508. The lowest BCUT2D eigenvalue weighted by Crippen LogP contribution is -2.28. The third-order valence-electron chi connectivity index (χ3n) is 2.90. The normalized spacial score (nSPS) is 13.9. The maximum absolute atomic E-state index is 4.28. The largest absolute Gasteiger partial charge is 0.309 e. The van der Waals surface area contributed by atoms with Gasteiger partial charge in [-0.2, -0.15) is 0 Å². The Morgan fingerprint density at radius 1 is 1.29 bits per heavy atom. The molecular weight excluding hydrogens is 236 g/mol. The molecule has 1 aromatic heterocycles. The Balaban J connectivity index is 0.00000108. The summed E-state index contributed by atoms with van der Waals surface area (Å²) in [5.41, 5.74) is 2.41. The summed E-state index contributed by atoms with van der Waals surface area (Å²) in [6.07, 6.45) is 0. The molecule has 0 amide bonds. The van der Waals surface area contributed by atoms with Crippen molar-refractivity contribution >= 4 is 12.4 Å². The molecule has 0 saturated carbocycles. The zero-order valence-corrected chi connectivity index (χ0v) is 10.5. The number of fused-ring (bicyclic) bond motifs is 1. The van der Waals surface area contributed by atoms with Crippen LogP contribution in [-0.2, 0) is 13.1 Å². The fraction of sp³-hybridized carbons (Fsp3) is 0.333. The van der Waals surface area contributed by atoms with Gasteiger partial charge in [-0.25, -0.2) is 0 Å². The standard InChI is InChI=1S/C12H14N4.ClH/c1-9-3-2-4-10(7-9)12-15-14-11-8-13-5-6-16(11)12;/h2-4,7,13H,5-6,8H2,1H3;1H. The molecular formula is C12H15ClN4. The van der Waals surface area contributed by atoms with Crippen LogP contribution in [-0.4, -0.2) is 21.3 Å². The molecule has 5 heteroatoms. The summed E-state index contributed by atoms with van der Waals surface area (Å²) in [5, 5.41) is 11.8. The maximum atomic E-state index is 4.28. The quantitative estimate of drug-likeness (QED) is 0.839. The Bertz CT molecular complexity index is 521. The molecule has 4 nitrogen and oxygen atoms in total. The zero-order chi connectivity index (χ0) is 11.0. The first-order chi connectivity index (χ1) is 7.84. The Kier molecular flexibility index (Phi) is 3.45. The summed E-state index contributed by atoms with van der Waals surface area (Å²) >= 11 is 0. The molecule has 0 unspecified atom stereocenters. The van der Waals surface area contributed by atoms with Gasteiger partial charge in [0.05, 0.1) is 6.54 Å². The first kappa shape index (κ1) is 12.1. The minimum Gasteiger partial charge on any atom is -0.309 e. The summed E-state index contributed by atoms with van der Waals surface area (Å²) in [4.78, 5) is 0. The molecule has 3 rings (SSSR count). The molecule has 0 aliphatic carbocycles. The van der Waals surface area contributed by atoms with E-state index in [2.05, 4.69) is 51.3 Å². The molecule has 0 saturated heterocycles. The number of aryl methyl sites for hydroxylation is 1. The second-order valence-electron chi connectivity index (χ2n) is 4.14. The lowest BCUT2D eigenvalue weighted by atomic mass is 10.1. The fourth-order valence-electron chi connectivity index (χ4n) is 2.09. The molecule has 1 aliphatic rings. The predicted molar refractivity (Wildman–Crippen MR) is 69.1 cm³/mol. The van der Waals surface area contributed by atoms with E-state index in [4.69, 9.17) is 0 Å². The highest BCUT2D eigenvalue weighted by molar-refractivity contribution is 5.85. The van der Waals surface area contributed by atoms with Gasteiger partial charge in [0.1, 0.15) is 5.82 Å². The number of hydrogen-bond acceptors (Lipinski definition) is 3. The molecule has 0 bridgehead atoms. The topological polar surface area (TPSA) is 42.7 Å². The zero-order valence-electron chi connectivity index (χ0n) is 9.68. The van der Waals surface area contributed by atoms with Crippen molar-refractivity contribution in [3.63, 3.8) is 0 Å². The number of rotatable bonds is 1. The van der Waals surface area contributed by atoms with E-state index in [1.165, 1.54) is 5.56 Å². The highest BCUT2D eigenvalue weighted by Gasteiger charge is 2.16. The van der Waals surface area contributed by atoms with E-state index in [0.29, 0.717) is 0 Å². The summed E-state index contributed by atoms with van der Waals surface area (Å²) in [5.74, 6) is 2.02. The molecule has 0 fully saturated rings. The van der Waals surface area contributed by atoms with Gasteiger partial charge in [-0.15, -0.1) is 22.6 Å². The van der Waals surface area contributed by atoms with E-state index in [-0.39, 0.29) is 12.4 Å². The summed E-state index contributed by atoms with van der Waals surface area (Å²) < 4.78 is 2.20. The molecule has 2 heterocycles. The van der Waals surface area contributed by atoms with Crippen molar-refractivity contribution in [3.8, 4) is 11.4 Å². The van der Waals surface area contributed by atoms with Crippen LogP contribution in [0.5, 0.6) is 0 Å². The van der Waals surface area contributed by atoms with Crippen molar-refractivity contribution in [1.82, 2.24) is 20.1 Å². The molecule has 17 heavy (non-hydrogen) atoms. The molecule has 90 valence electrons. The van der Waals surface area contributed by atoms with Crippen molar-refractivity contribution in [1.29, 1.82) is 0 Å². The van der Waals surface area contributed by atoms with Crippen LogP contribution in [0.1, 0.15) is 11.4 Å². The molecule has 0 radical (unpaired) electrons. The van der Waals surface area contributed by atoms with Gasteiger partial charge in [0, 0.05) is 18.7 Å². The average Bonchev–Trinajstić information content (AvgIpc) is 2.72. The molecule has 0 atom stereocenters. The van der Waals surface area contributed by atoms with Crippen LogP contribution >= 0.6 is 12.4 Å². The van der Waals surface area contributed by atoms with Gasteiger partial charge in [0.15, 0.2) is 5.82 Å². The van der Waals surface area contributed by atoms with Crippen molar-refractivity contribution in [3.05, 3.63) is 35.7 Å². The SMILES string of the molecule is Cc1cccc(-c2nnc3n2CCNC3)c1.Cl. The Hall–Kier alpha value is -1.39. The number of aromatic nitrogens is 3. The summed E-state index contributed by atoms with van der Waals surface area (Å²) in [7, 11) is 0. The van der Waals surface area contributed by atoms with Crippen molar-refractivity contribution in [2.45, 2.75) is 20.0 Å². The smallest absolute Gasteiger partial charge is 0.164 e. The summed E-state index contributed by atoms with van der Waals surface area (Å²) in [6.45, 7) is 4.85. The Morgan fingerprint density at radius 3 is 3.00 bits per heavy atom. The van der Waals surface area contributed by atoms with Gasteiger partial charge in [-0.3, -0.25) is 0 Å². The Labute approximate surface area is 106 Å². The number of hydrogen-bond donors (Lipinski definition) is 1. The van der Waals surface area contributed by atoms with E-state index < -0.39 is 0 Å². The van der Waals surface area contributed by atoms with Crippen LogP contribution in [0, 0.1) is 6.92 Å². The van der Waals surface area contributed by atoms with Crippen molar-refractivity contribution in [2.75, 3.05) is 6.54 Å². The number of halogens is 1. The third-order valence-corrected chi connectivity index (χ3v) is 2.90. The van der Waals surface area contributed by atoms with Crippen LogP contribution in [0.25, 0.3) is 11.4 Å². The van der Waals surface area contributed by atoms with Crippen LogP contribution in [0.15, 0.2) is 24.3 Å². The second kappa shape index (κ2) is 4.85. The monoisotopic (exact) mass is 250 g/mol. The van der Waals surface area contributed by atoms with Crippen molar-refractivity contribution in [2.24, 2.45) is 0 Å². The minimum atomic E-state index is 0. The minimum absolute atomic E-state index is 0. The van der Waals surface area contributed by atoms with E-state index >= 15 is 0 Å². The number of nitrogens with zero attached hydrogens (tertiary/aromatic N) is 3. The lowest BCUT2D eigenvalue weighted by Gasteiger charge is -2.16. The van der Waals surface area contributed by atoms with Crippen LogP contribution < -0.4 is 5.32 Å². The first-order valence-corrected chi connectivity index (χ1v) is 5.54. The fourth-order valence-corrected chi connectivity index (χ4v) is 2.09. The van der Waals surface area contributed by atoms with E-state index in [1.54, 1.807) is 0 Å². The van der Waals surface area contributed by atoms with Gasteiger partial charge in [0.25, 0.3) is 0 Å².